The second-order valence-electron chi connectivity index (χ2n) is 4.81. The summed E-state index contributed by atoms with van der Waals surface area (Å²) in [6.45, 7) is 2.60. The van der Waals surface area contributed by atoms with E-state index in [9.17, 15) is 18.3 Å². The van der Waals surface area contributed by atoms with Gasteiger partial charge in [-0.05, 0) is 25.5 Å². The van der Waals surface area contributed by atoms with Crippen LogP contribution < -0.4 is 4.72 Å². The van der Waals surface area contributed by atoms with Gasteiger partial charge in [-0.15, -0.1) is 0 Å². The van der Waals surface area contributed by atoms with Crippen LogP contribution in [0.3, 0.4) is 0 Å². The Morgan fingerprint density at radius 2 is 2.14 bits per heavy atom. The minimum Gasteiger partial charge on any atom is -0.478 e. The van der Waals surface area contributed by atoms with Gasteiger partial charge in [0.25, 0.3) is 0 Å². The summed E-state index contributed by atoms with van der Waals surface area (Å²) in [5.41, 5.74) is 1.40. The van der Waals surface area contributed by atoms with Crippen molar-refractivity contribution in [3.05, 3.63) is 29.6 Å². The topological polar surface area (TPSA) is 101 Å². The van der Waals surface area contributed by atoms with Crippen molar-refractivity contribution in [1.82, 2.24) is 14.3 Å². The highest BCUT2D eigenvalue weighted by atomic mass is 32.2. The number of aryl methyl sites for hydroxylation is 2. The number of nitrogens with zero attached hydrogens (tertiary/aromatic N) is 2. The summed E-state index contributed by atoms with van der Waals surface area (Å²) in [5, 5.41) is 9.26. The molecule has 0 aliphatic carbocycles. The number of nitrogens with one attached hydrogen (secondary N) is 1. The average Bonchev–Trinajstić information content (AvgIpc) is 2.69. The fourth-order valence-electron chi connectivity index (χ4n) is 2.24. The number of carboxylic acids is 1. The van der Waals surface area contributed by atoms with Crippen LogP contribution in [-0.4, -0.2) is 41.8 Å². The summed E-state index contributed by atoms with van der Waals surface area (Å²) >= 11 is 0. The first-order valence-electron chi connectivity index (χ1n) is 6.43. The number of hydrogen-bond acceptors (Lipinski definition) is 4. The van der Waals surface area contributed by atoms with Gasteiger partial charge in [0.1, 0.15) is 5.82 Å². The Balaban J connectivity index is 2.27. The van der Waals surface area contributed by atoms with Crippen LogP contribution >= 0.6 is 0 Å². The third-order valence-corrected chi connectivity index (χ3v) is 3.84. The van der Waals surface area contributed by atoms with Crippen LogP contribution in [0, 0.1) is 6.92 Å². The average molecular weight is 311 g/mol. The lowest BCUT2D eigenvalue weighted by molar-refractivity contribution is 0.0698. The van der Waals surface area contributed by atoms with E-state index in [4.69, 9.17) is 0 Å². The zero-order valence-corrected chi connectivity index (χ0v) is 12.6. The molecule has 0 aliphatic rings. The molecule has 0 bridgehead atoms. The van der Waals surface area contributed by atoms with Gasteiger partial charge in [0, 0.05) is 13.1 Å². The molecule has 21 heavy (non-hydrogen) atoms. The third kappa shape index (κ3) is 3.59. The molecule has 0 atom stereocenters. The number of aromatic carboxylic acids is 1. The Hall–Kier alpha value is -1.93. The van der Waals surface area contributed by atoms with Crippen molar-refractivity contribution in [1.29, 1.82) is 0 Å². The summed E-state index contributed by atoms with van der Waals surface area (Å²) in [6.07, 6.45) is 1.65. The highest BCUT2D eigenvalue weighted by Crippen LogP contribution is 2.20. The monoisotopic (exact) mass is 311 g/mol. The maximum absolute atomic E-state index is 11.3. The van der Waals surface area contributed by atoms with E-state index in [1.807, 2.05) is 4.57 Å². The molecule has 0 unspecified atom stereocenters. The zero-order chi connectivity index (χ0) is 15.6. The minimum atomic E-state index is -3.21. The lowest BCUT2D eigenvalue weighted by atomic mass is 10.2. The minimum absolute atomic E-state index is 0.198. The van der Waals surface area contributed by atoms with Gasteiger partial charge in [-0.3, -0.25) is 0 Å². The lowest BCUT2D eigenvalue weighted by Gasteiger charge is -2.08. The second-order valence-corrected chi connectivity index (χ2v) is 6.64. The molecule has 0 saturated heterocycles. The van der Waals surface area contributed by atoms with Crippen molar-refractivity contribution in [2.45, 2.75) is 19.9 Å². The first-order valence-corrected chi connectivity index (χ1v) is 8.32. The normalized spacial score (nSPS) is 11.9. The van der Waals surface area contributed by atoms with Gasteiger partial charge < -0.3 is 9.67 Å². The van der Waals surface area contributed by atoms with Gasteiger partial charge in [-0.25, -0.2) is 22.9 Å². The van der Waals surface area contributed by atoms with E-state index in [1.165, 1.54) is 6.07 Å². The van der Waals surface area contributed by atoms with Crippen LogP contribution in [0.2, 0.25) is 0 Å². The van der Waals surface area contributed by atoms with Gasteiger partial charge in [-0.2, -0.15) is 0 Å². The van der Waals surface area contributed by atoms with Crippen LogP contribution in [-0.2, 0) is 16.6 Å². The first-order chi connectivity index (χ1) is 9.79. The molecule has 0 fully saturated rings. The number of rotatable bonds is 6. The third-order valence-electron chi connectivity index (χ3n) is 3.11. The second kappa shape index (κ2) is 5.82. The molecule has 2 rings (SSSR count). The number of para-hydroxylation sites is 1. The van der Waals surface area contributed by atoms with E-state index in [1.54, 1.807) is 19.1 Å². The lowest BCUT2D eigenvalue weighted by Crippen LogP contribution is -2.24. The number of aromatic nitrogens is 2. The molecule has 1 aromatic carbocycles. The number of sulfonamides is 1. The number of benzene rings is 1. The quantitative estimate of drug-likeness (QED) is 0.774. The van der Waals surface area contributed by atoms with Gasteiger partial charge in [0.05, 0.1) is 22.9 Å². The molecular weight excluding hydrogens is 294 g/mol. The molecule has 2 aromatic rings. The SMILES string of the molecule is Cc1nc2cccc(C(=O)O)c2n1CCCNS(C)(=O)=O. The largest absolute Gasteiger partial charge is 0.478 e. The van der Waals surface area contributed by atoms with Gasteiger partial charge in [0.15, 0.2) is 0 Å². The van der Waals surface area contributed by atoms with Crippen molar-refractivity contribution >= 4 is 27.0 Å². The number of carbonyl (C=O) groups is 1. The van der Waals surface area contributed by atoms with Crippen LogP contribution in [0.5, 0.6) is 0 Å². The fourth-order valence-corrected chi connectivity index (χ4v) is 2.76. The van der Waals surface area contributed by atoms with Gasteiger partial charge in [0.2, 0.25) is 10.0 Å². The van der Waals surface area contributed by atoms with Crippen molar-refractivity contribution in [3.63, 3.8) is 0 Å². The zero-order valence-electron chi connectivity index (χ0n) is 11.8. The summed E-state index contributed by atoms with van der Waals surface area (Å²) in [6, 6.07) is 4.96. The Morgan fingerprint density at radius 3 is 2.76 bits per heavy atom. The van der Waals surface area contributed by atoms with E-state index in [0.717, 1.165) is 6.26 Å². The highest BCUT2D eigenvalue weighted by Gasteiger charge is 2.15. The molecule has 0 aliphatic heterocycles. The Bertz CT molecular complexity index is 780. The Labute approximate surface area is 122 Å². The van der Waals surface area contributed by atoms with E-state index in [2.05, 4.69) is 9.71 Å². The molecule has 0 amide bonds. The van der Waals surface area contributed by atoms with Gasteiger partial charge in [-0.1, -0.05) is 6.07 Å². The van der Waals surface area contributed by atoms with Gasteiger partial charge >= 0.3 is 5.97 Å². The number of hydrogen-bond donors (Lipinski definition) is 2. The number of carboxylic acid groups (broad SMARTS) is 1. The van der Waals surface area contributed by atoms with E-state index >= 15 is 0 Å². The fraction of sp³-hybridized carbons (Fsp3) is 0.385. The molecule has 114 valence electrons. The smallest absolute Gasteiger partial charge is 0.337 e. The molecule has 2 N–H and O–H groups in total. The molecule has 0 radical (unpaired) electrons. The molecule has 0 spiro atoms. The predicted octanol–water partition coefficient (Wildman–Crippen LogP) is 0.982. The molecule has 8 heteroatoms. The summed E-state index contributed by atoms with van der Waals surface area (Å²) in [4.78, 5) is 15.6. The molecular formula is C13H17N3O4S. The van der Waals surface area contributed by atoms with Crippen LogP contribution in [0.1, 0.15) is 22.6 Å². The Morgan fingerprint density at radius 1 is 1.43 bits per heavy atom. The van der Waals surface area contributed by atoms with Crippen molar-refractivity contribution in [3.8, 4) is 0 Å². The maximum atomic E-state index is 11.3. The Kier molecular flexibility index (Phi) is 4.29. The molecule has 1 aromatic heterocycles. The number of fused-ring (bicyclic) bond motifs is 1. The molecule has 1 heterocycles. The standard InChI is InChI=1S/C13H17N3O4S/c1-9-15-11-6-3-5-10(13(17)18)12(11)16(9)8-4-7-14-21(2,19)20/h3,5-6,14H,4,7-8H2,1-2H3,(H,17,18). The highest BCUT2D eigenvalue weighted by molar-refractivity contribution is 7.88. The van der Waals surface area contributed by atoms with E-state index in [0.29, 0.717) is 36.4 Å². The van der Waals surface area contributed by atoms with Crippen molar-refractivity contribution < 1.29 is 18.3 Å². The van der Waals surface area contributed by atoms with Crippen LogP contribution in [0.4, 0.5) is 0 Å². The van der Waals surface area contributed by atoms with Crippen LogP contribution in [0.25, 0.3) is 11.0 Å². The predicted molar refractivity (Wildman–Crippen MR) is 78.9 cm³/mol. The number of imidazole rings is 1. The van der Waals surface area contributed by atoms with E-state index < -0.39 is 16.0 Å². The summed E-state index contributed by atoms with van der Waals surface area (Å²) < 4.78 is 26.2. The maximum Gasteiger partial charge on any atom is 0.337 e. The molecule has 0 saturated carbocycles. The van der Waals surface area contributed by atoms with Crippen LogP contribution in [0.15, 0.2) is 18.2 Å². The summed E-state index contributed by atoms with van der Waals surface area (Å²) in [5.74, 6) is -0.297. The molecule has 7 nitrogen and oxygen atoms in total. The van der Waals surface area contributed by atoms with E-state index in [-0.39, 0.29) is 5.56 Å². The summed E-state index contributed by atoms with van der Waals surface area (Å²) in [7, 11) is -3.21. The first kappa shape index (κ1) is 15.5. The van der Waals surface area contributed by atoms with Crippen molar-refractivity contribution in [2.75, 3.05) is 12.8 Å². The van der Waals surface area contributed by atoms with Crippen molar-refractivity contribution in [2.24, 2.45) is 0 Å².